The SMILES string of the molecule is CC1CCN(c2nc3nonc3nc2Nc2cccc(Cl)c2)CC1. The fourth-order valence-corrected chi connectivity index (χ4v) is 3.05. The van der Waals surface area contributed by atoms with Crippen molar-refractivity contribution >= 4 is 40.2 Å². The number of piperidine rings is 1. The lowest BCUT2D eigenvalue weighted by Crippen LogP contribution is -2.34. The fourth-order valence-electron chi connectivity index (χ4n) is 2.86. The maximum Gasteiger partial charge on any atom is 0.245 e. The molecule has 4 rings (SSSR count). The topological polar surface area (TPSA) is 80.0 Å². The van der Waals surface area contributed by atoms with Crippen molar-refractivity contribution in [1.82, 2.24) is 20.3 Å². The molecule has 1 saturated heterocycles. The van der Waals surface area contributed by atoms with E-state index in [0.717, 1.165) is 43.4 Å². The Bertz CT molecular complexity index is 859. The lowest BCUT2D eigenvalue weighted by atomic mass is 9.99. The number of hydrogen-bond donors (Lipinski definition) is 1. The second-order valence-corrected chi connectivity index (χ2v) is 6.55. The van der Waals surface area contributed by atoms with Gasteiger partial charge in [0.05, 0.1) is 0 Å². The maximum absolute atomic E-state index is 6.07. The van der Waals surface area contributed by atoms with E-state index < -0.39 is 0 Å². The molecule has 124 valence electrons. The molecule has 0 spiro atoms. The largest absolute Gasteiger partial charge is 0.353 e. The van der Waals surface area contributed by atoms with E-state index in [1.54, 1.807) is 0 Å². The molecule has 3 heterocycles. The molecule has 0 radical (unpaired) electrons. The first-order chi connectivity index (χ1) is 11.7. The summed E-state index contributed by atoms with van der Waals surface area (Å²) in [6.45, 7) is 4.16. The van der Waals surface area contributed by atoms with Gasteiger partial charge < -0.3 is 10.2 Å². The Balaban J connectivity index is 1.73. The molecule has 1 N–H and O–H groups in total. The van der Waals surface area contributed by atoms with Gasteiger partial charge in [0, 0.05) is 23.8 Å². The van der Waals surface area contributed by atoms with Crippen LogP contribution in [0.1, 0.15) is 19.8 Å². The summed E-state index contributed by atoms with van der Waals surface area (Å²) in [6, 6.07) is 7.49. The van der Waals surface area contributed by atoms with E-state index in [1.165, 1.54) is 0 Å². The van der Waals surface area contributed by atoms with Gasteiger partial charge in [-0.05, 0) is 47.3 Å². The van der Waals surface area contributed by atoms with Gasteiger partial charge in [0.1, 0.15) is 0 Å². The number of benzene rings is 1. The molecule has 3 aromatic rings. The van der Waals surface area contributed by atoms with Crippen LogP contribution in [-0.4, -0.2) is 33.4 Å². The molecule has 0 saturated carbocycles. The molecule has 1 aliphatic rings. The molecule has 1 fully saturated rings. The van der Waals surface area contributed by atoms with E-state index in [2.05, 4.69) is 37.4 Å². The third kappa shape index (κ3) is 2.99. The van der Waals surface area contributed by atoms with Crippen LogP contribution in [0.4, 0.5) is 17.3 Å². The van der Waals surface area contributed by atoms with E-state index in [9.17, 15) is 0 Å². The predicted octanol–water partition coefficient (Wildman–Crippen LogP) is 3.65. The molecule has 0 bridgehead atoms. The summed E-state index contributed by atoms with van der Waals surface area (Å²) < 4.78 is 4.76. The zero-order chi connectivity index (χ0) is 16.5. The van der Waals surface area contributed by atoms with Gasteiger partial charge in [-0.25, -0.2) is 14.6 Å². The molecular formula is C16H17ClN6O. The molecule has 0 aliphatic carbocycles. The van der Waals surface area contributed by atoms with Gasteiger partial charge >= 0.3 is 0 Å². The van der Waals surface area contributed by atoms with E-state index in [-0.39, 0.29) is 0 Å². The van der Waals surface area contributed by atoms with E-state index in [0.29, 0.717) is 22.1 Å². The van der Waals surface area contributed by atoms with Gasteiger partial charge in [-0.1, -0.05) is 24.6 Å². The third-order valence-corrected chi connectivity index (χ3v) is 4.50. The van der Waals surface area contributed by atoms with Crippen molar-refractivity contribution in [2.24, 2.45) is 5.92 Å². The van der Waals surface area contributed by atoms with Crippen LogP contribution in [0.2, 0.25) is 5.02 Å². The van der Waals surface area contributed by atoms with Crippen molar-refractivity contribution in [3.05, 3.63) is 29.3 Å². The lowest BCUT2D eigenvalue weighted by Gasteiger charge is -2.31. The second-order valence-electron chi connectivity index (χ2n) is 6.11. The Kier molecular flexibility index (Phi) is 3.93. The van der Waals surface area contributed by atoms with E-state index in [1.807, 2.05) is 24.3 Å². The molecule has 2 aromatic heterocycles. The van der Waals surface area contributed by atoms with Crippen LogP contribution >= 0.6 is 11.6 Å². The van der Waals surface area contributed by atoms with Gasteiger partial charge in [0.15, 0.2) is 11.6 Å². The fraction of sp³-hybridized carbons (Fsp3) is 0.375. The number of fused-ring (bicyclic) bond motifs is 1. The summed E-state index contributed by atoms with van der Waals surface area (Å²) in [6.07, 6.45) is 2.26. The Hall–Kier alpha value is -2.41. The molecule has 7 nitrogen and oxygen atoms in total. The first-order valence-electron chi connectivity index (χ1n) is 7.97. The number of rotatable bonds is 3. The van der Waals surface area contributed by atoms with Crippen LogP contribution in [0, 0.1) is 5.92 Å². The summed E-state index contributed by atoms with van der Waals surface area (Å²) in [5.41, 5.74) is 1.65. The minimum absolute atomic E-state index is 0.383. The predicted molar refractivity (Wildman–Crippen MR) is 92.7 cm³/mol. The summed E-state index contributed by atoms with van der Waals surface area (Å²) in [5.74, 6) is 2.14. The average molecular weight is 345 g/mol. The number of nitrogens with one attached hydrogen (secondary N) is 1. The first kappa shape index (κ1) is 15.1. The normalized spacial score (nSPS) is 15.8. The maximum atomic E-state index is 6.07. The summed E-state index contributed by atoms with van der Waals surface area (Å²) in [4.78, 5) is 11.4. The molecule has 0 amide bonds. The number of aromatic nitrogens is 4. The quantitative estimate of drug-likeness (QED) is 0.776. The molecule has 1 aromatic carbocycles. The van der Waals surface area contributed by atoms with Crippen molar-refractivity contribution in [2.75, 3.05) is 23.3 Å². The Labute approximate surface area is 144 Å². The van der Waals surface area contributed by atoms with Crippen molar-refractivity contribution in [2.45, 2.75) is 19.8 Å². The smallest absolute Gasteiger partial charge is 0.245 e. The molecule has 24 heavy (non-hydrogen) atoms. The molecule has 0 atom stereocenters. The van der Waals surface area contributed by atoms with E-state index in [4.69, 9.17) is 16.2 Å². The highest BCUT2D eigenvalue weighted by molar-refractivity contribution is 6.30. The van der Waals surface area contributed by atoms with Crippen molar-refractivity contribution in [3.8, 4) is 0 Å². The van der Waals surface area contributed by atoms with Gasteiger partial charge in [-0.3, -0.25) is 0 Å². The average Bonchev–Trinajstić information content (AvgIpc) is 3.02. The highest BCUT2D eigenvalue weighted by Crippen LogP contribution is 2.30. The molecular weight excluding hydrogens is 328 g/mol. The molecule has 0 unspecified atom stereocenters. The summed E-state index contributed by atoms with van der Waals surface area (Å²) >= 11 is 6.07. The monoisotopic (exact) mass is 344 g/mol. The van der Waals surface area contributed by atoms with Gasteiger partial charge in [0.2, 0.25) is 11.3 Å². The zero-order valence-electron chi connectivity index (χ0n) is 13.2. The van der Waals surface area contributed by atoms with Crippen LogP contribution in [-0.2, 0) is 0 Å². The van der Waals surface area contributed by atoms with Crippen LogP contribution in [0.25, 0.3) is 11.3 Å². The molecule has 1 aliphatic heterocycles. The van der Waals surface area contributed by atoms with Crippen molar-refractivity contribution in [3.63, 3.8) is 0 Å². The van der Waals surface area contributed by atoms with Crippen LogP contribution in [0.3, 0.4) is 0 Å². The third-order valence-electron chi connectivity index (χ3n) is 4.27. The Morgan fingerprint density at radius 3 is 2.67 bits per heavy atom. The van der Waals surface area contributed by atoms with Crippen LogP contribution in [0.5, 0.6) is 0 Å². The Morgan fingerprint density at radius 1 is 1.17 bits per heavy atom. The number of halogens is 1. The van der Waals surface area contributed by atoms with Crippen molar-refractivity contribution in [1.29, 1.82) is 0 Å². The van der Waals surface area contributed by atoms with Crippen LogP contribution in [0.15, 0.2) is 28.9 Å². The highest BCUT2D eigenvalue weighted by atomic mass is 35.5. The zero-order valence-corrected chi connectivity index (χ0v) is 14.0. The standard InChI is InChI=1S/C16H17ClN6O/c1-10-5-7-23(8-6-10)16-15(18-12-4-2-3-11(17)9-12)19-13-14(20-16)22-24-21-13/h2-4,9-10H,5-8H2,1H3,(H,18,19,21). The Morgan fingerprint density at radius 2 is 1.92 bits per heavy atom. The van der Waals surface area contributed by atoms with Gasteiger partial charge in [-0.2, -0.15) is 0 Å². The van der Waals surface area contributed by atoms with Gasteiger partial charge in [0.25, 0.3) is 0 Å². The number of hydrogen-bond acceptors (Lipinski definition) is 7. The summed E-state index contributed by atoms with van der Waals surface area (Å²) in [7, 11) is 0. The van der Waals surface area contributed by atoms with Crippen LogP contribution < -0.4 is 10.2 Å². The van der Waals surface area contributed by atoms with E-state index >= 15 is 0 Å². The first-order valence-corrected chi connectivity index (χ1v) is 8.35. The number of nitrogens with zero attached hydrogens (tertiary/aromatic N) is 5. The second kappa shape index (κ2) is 6.24. The highest BCUT2D eigenvalue weighted by Gasteiger charge is 2.22. The number of anilines is 3. The molecule has 8 heteroatoms. The van der Waals surface area contributed by atoms with Crippen molar-refractivity contribution < 1.29 is 4.63 Å². The minimum Gasteiger partial charge on any atom is -0.353 e. The minimum atomic E-state index is 0.383. The summed E-state index contributed by atoms with van der Waals surface area (Å²) in [5, 5.41) is 11.6. The lowest BCUT2D eigenvalue weighted by molar-refractivity contribution is 0.314. The van der Waals surface area contributed by atoms with Gasteiger partial charge in [-0.15, -0.1) is 0 Å².